The second-order valence-electron chi connectivity index (χ2n) is 3.27. The Morgan fingerprint density at radius 2 is 1.86 bits per heavy atom. The summed E-state index contributed by atoms with van der Waals surface area (Å²) in [5, 5.41) is 0. The van der Waals surface area contributed by atoms with E-state index in [9.17, 15) is 13.2 Å². The summed E-state index contributed by atoms with van der Waals surface area (Å²) < 4.78 is 39.3. The fourth-order valence-electron chi connectivity index (χ4n) is 1.07. The van der Waals surface area contributed by atoms with Crippen molar-refractivity contribution in [3.05, 3.63) is 24.3 Å². The minimum atomic E-state index is -4.62. The van der Waals surface area contributed by atoms with Crippen LogP contribution >= 0.6 is 0 Å². The highest BCUT2D eigenvalue weighted by atomic mass is 19.4. The van der Waals surface area contributed by atoms with E-state index in [2.05, 4.69) is 4.74 Å². The smallest absolute Gasteiger partial charge is 0.406 e. The molecule has 0 saturated carbocycles. The Morgan fingerprint density at radius 3 is 2.36 bits per heavy atom. The van der Waals surface area contributed by atoms with Gasteiger partial charge in [0.2, 0.25) is 0 Å². The summed E-state index contributed by atoms with van der Waals surface area (Å²) in [5.41, 5.74) is 0.826. The maximum atomic E-state index is 11.9. The van der Waals surface area contributed by atoms with Crippen molar-refractivity contribution in [3.8, 4) is 5.75 Å². The van der Waals surface area contributed by atoms with E-state index in [4.69, 9.17) is 0 Å². The minimum absolute atomic E-state index is 0.163. The molecule has 0 heterocycles. The number of ether oxygens (including phenoxy) is 1. The van der Waals surface area contributed by atoms with E-state index < -0.39 is 6.36 Å². The summed E-state index contributed by atoms with van der Waals surface area (Å²) in [6.07, 6.45) is -4.62. The molecule has 0 bridgehead atoms. The predicted octanol–water partition coefficient (Wildman–Crippen LogP) is 2.55. The van der Waals surface area contributed by atoms with E-state index in [1.165, 1.54) is 12.1 Å². The van der Waals surface area contributed by atoms with Gasteiger partial charge in [-0.3, -0.25) is 0 Å². The van der Waals surface area contributed by atoms with Crippen molar-refractivity contribution in [2.45, 2.75) is 20.0 Å². The number of halogens is 3. The van der Waals surface area contributed by atoms with Crippen molar-refractivity contribution in [1.82, 2.24) is 0 Å². The molecule has 0 atom stereocenters. The van der Waals surface area contributed by atoms with Crippen molar-refractivity contribution >= 4 is 12.2 Å². The van der Waals surface area contributed by atoms with Crippen LogP contribution in [0, 0.1) is 0 Å². The Morgan fingerprint density at radius 1 is 1.21 bits per heavy atom. The fraction of sp³-hybridized carbons (Fsp3) is 0.333. The number of hydrogen-bond donors (Lipinski definition) is 0. The molecular weight excluding hydrogens is 192 g/mol. The van der Waals surface area contributed by atoms with Crippen LogP contribution in [0.25, 0.3) is 0 Å². The molecular formula is C9H10BF3O. The number of benzene rings is 1. The van der Waals surface area contributed by atoms with Gasteiger partial charge in [-0.2, -0.15) is 0 Å². The van der Waals surface area contributed by atoms with Crippen LogP contribution in [0.3, 0.4) is 0 Å². The molecule has 0 N–H and O–H groups in total. The molecule has 1 aromatic rings. The van der Waals surface area contributed by atoms with Crippen LogP contribution in [0.4, 0.5) is 13.2 Å². The summed E-state index contributed by atoms with van der Waals surface area (Å²) in [4.78, 5) is 0. The summed E-state index contributed by atoms with van der Waals surface area (Å²) in [6, 6.07) is 6.02. The third-order valence-electron chi connectivity index (χ3n) is 1.76. The van der Waals surface area contributed by atoms with E-state index in [-0.39, 0.29) is 12.5 Å². The highest BCUT2D eigenvalue weighted by Crippen LogP contribution is 2.21. The van der Waals surface area contributed by atoms with Gasteiger partial charge in [-0.15, -0.1) is 13.2 Å². The van der Waals surface area contributed by atoms with Gasteiger partial charge >= 0.3 is 6.36 Å². The molecule has 0 aliphatic rings. The number of rotatable bonds is 2. The lowest BCUT2D eigenvalue weighted by molar-refractivity contribution is -0.274. The van der Waals surface area contributed by atoms with E-state index in [0.717, 1.165) is 5.46 Å². The Bertz CT molecular complexity index is 309. The quantitative estimate of drug-likeness (QED) is 0.669. The van der Waals surface area contributed by atoms with Gasteiger partial charge in [0.05, 0.1) is 0 Å². The molecule has 76 valence electrons. The zero-order chi connectivity index (χ0) is 10.8. The van der Waals surface area contributed by atoms with Crippen molar-refractivity contribution in [1.29, 1.82) is 0 Å². The molecule has 5 heteroatoms. The Labute approximate surface area is 81.0 Å². The van der Waals surface area contributed by atoms with Gasteiger partial charge in [-0.25, -0.2) is 0 Å². The second-order valence-corrected chi connectivity index (χ2v) is 3.27. The minimum Gasteiger partial charge on any atom is -0.406 e. The number of hydrogen-bond acceptors (Lipinski definition) is 1. The van der Waals surface area contributed by atoms with Crippen LogP contribution in [0.1, 0.15) is 0 Å². The third kappa shape index (κ3) is 3.32. The average Bonchev–Trinajstić information content (AvgIpc) is 2.01. The second kappa shape index (κ2) is 3.94. The van der Waals surface area contributed by atoms with Gasteiger partial charge in [-0.05, 0) is 12.1 Å². The predicted molar refractivity (Wildman–Crippen MR) is 50.2 cm³/mol. The topological polar surface area (TPSA) is 9.23 Å². The van der Waals surface area contributed by atoms with Gasteiger partial charge in [0.15, 0.2) is 6.71 Å². The monoisotopic (exact) mass is 202 g/mol. The molecule has 0 aromatic heterocycles. The molecule has 1 aromatic carbocycles. The van der Waals surface area contributed by atoms with Crippen molar-refractivity contribution in [2.75, 3.05) is 0 Å². The zero-order valence-electron chi connectivity index (χ0n) is 7.93. The number of alkyl halides is 3. The van der Waals surface area contributed by atoms with Crippen LogP contribution in [0.15, 0.2) is 24.3 Å². The molecule has 0 fully saturated rings. The van der Waals surface area contributed by atoms with Crippen LogP contribution in [0.5, 0.6) is 5.75 Å². The van der Waals surface area contributed by atoms with Crippen LogP contribution in [-0.4, -0.2) is 13.1 Å². The molecule has 1 nitrogen and oxygen atoms in total. The standard InChI is InChI=1S/C9H10BF3O/c1-10(2)7-4-3-5-8(6-7)14-9(11,12)13/h3-6H,1-2H3. The van der Waals surface area contributed by atoms with E-state index in [1.807, 2.05) is 13.6 Å². The van der Waals surface area contributed by atoms with E-state index in [1.54, 1.807) is 12.1 Å². The lowest BCUT2D eigenvalue weighted by atomic mass is 9.49. The van der Waals surface area contributed by atoms with Gasteiger partial charge in [0.25, 0.3) is 0 Å². The SMILES string of the molecule is CB(C)c1cccc(OC(F)(F)F)c1. The molecule has 0 unspecified atom stereocenters. The summed E-state index contributed by atoms with van der Waals surface area (Å²) in [5.74, 6) is -0.163. The molecule has 0 radical (unpaired) electrons. The Hall–Kier alpha value is -1.13. The average molecular weight is 202 g/mol. The molecule has 1 rings (SSSR count). The van der Waals surface area contributed by atoms with Crippen molar-refractivity contribution in [3.63, 3.8) is 0 Å². The lowest BCUT2D eigenvalue weighted by Crippen LogP contribution is -2.24. The first kappa shape index (κ1) is 11.0. The molecule has 0 aliphatic heterocycles. The molecule has 0 saturated heterocycles. The van der Waals surface area contributed by atoms with Crippen LogP contribution in [-0.2, 0) is 0 Å². The summed E-state index contributed by atoms with van der Waals surface area (Å²) >= 11 is 0. The van der Waals surface area contributed by atoms with Gasteiger partial charge < -0.3 is 4.74 Å². The van der Waals surface area contributed by atoms with Crippen molar-refractivity contribution in [2.24, 2.45) is 0 Å². The third-order valence-corrected chi connectivity index (χ3v) is 1.76. The lowest BCUT2D eigenvalue weighted by Gasteiger charge is -2.10. The highest BCUT2D eigenvalue weighted by molar-refractivity contribution is 6.70. The first-order chi connectivity index (χ1) is 6.38. The maximum Gasteiger partial charge on any atom is 0.573 e. The summed E-state index contributed by atoms with van der Waals surface area (Å²) in [6.45, 7) is 4.01. The first-order valence-corrected chi connectivity index (χ1v) is 4.24. The van der Waals surface area contributed by atoms with Crippen molar-refractivity contribution < 1.29 is 17.9 Å². The fourth-order valence-corrected chi connectivity index (χ4v) is 1.07. The Balaban J connectivity index is 2.84. The molecule has 0 amide bonds. The highest BCUT2D eigenvalue weighted by Gasteiger charge is 2.31. The Kier molecular flexibility index (Phi) is 3.08. The molecule has 14 heavy (non-hydrogen) atoms. The van der Waals surface area contributed by atoms with Gasteiger partial charge in [0.1, 0.15) is 5.75 Å². The summed E-state index contributed by atoms with van der Waals surface area (Å²) in [7, 11) is 0. The normalized spacial score (nSPS) is 11.2. The van der Waals surface area contributed by atoms with Gasteiger partial charge in [-0.1, -0.05) is 31.2 Å². The zero-order valence-corrected chi connectivity index (χ0v) is 7.93. The van der Waals surface area contributed by atoms with Crippen LogP contribution < -0.4 is 10.2 Å². The van der Waals surface area contributed by atoms with E-state index >= 15 is 0 Å². The maximum absolute atomic E-state index is 11.9. The molecule has 0 aliphatic carbocycles. The van der Waals surface area contributed by atoms with Gasteiger partial charge in [0, 0.05) is 0 Å². The largest absolute Gasteiger partial charge is 0.573 e. The molecule has 0 spiro atoms. The first-order valence-electron chi connectivity index (χ1n) is 4.24. The van der Waals surface area contributed by atoms with Crippen LogP contribution in [0.2, 0.25) is 13.6 Å². The van der Waals surface area contributed by atoms with E-state index in [0.29, 0.717) is 0 Å².